The monoisotopic (exact) mass is 580 g/mol. The smallest absolute Gasteiger partial charge is 0.462 e. The number of rotatable bonds is 27. The normalized spacial score (nSPS) is 14.7. The fourth-order valence-electron chi connectivity index (χ4n) is 3.57. The number of carbonyl (C=O) groups excluding carboxylic acids is 2. The quantitative estimate of drug-likeness (QED) is 0.0473. The predicted octanol–water partition coefficient (Wildman–Crippen LogP) is 5.77. The molecule has 0 aliphatic heterocycles. The number of aliphatic hydroxyl groups excluding tert-OH is 2. The number of hydrogen-bond donors (Lipinski definition) is 3. The molecule has 0 fully saturated rings. The van der Waals surface area contributed by atoms with Crippen LogP contribution in [0, 0.1) is 0 Å². The number of unbranched alkanes of at least 4 members (excludes halogenated alkanes) is 11. The van der Waals surface area contributed by atoms with Crippen molar-refractivity contribution in [2.45, 2.75) is 129 Å². The summed E-state index contributed by atoms with van der Waals surface area (Å²) in [4.78, 5) is 34.0. The summed E-state index contributed by atoms with van der Waals surface area (Å²) in [7, 11) is -4.59. The Labute approximate surface area is 235 Å². The minimum atomic E-state index is -4.59. The molecule has 0 aromatic heterocycles. The Bertz CT molecular complexity index is 685. The molecule has 0 heterocycles. The Morgan fingerprint density at radius 3 is 1.90 bits per heavy atom. The molecular formula is C28H53O10P. The molecule has 0 bridgehead atoms. The maximum Gasteiger partial charge on any atom is 0.472 e. The fraction of sp³-hybridized carbons (Fsp3) is 0.857. The highest BCUT2D eigenvalue weighted by molar-refractivity contribution is 7.47. The Morgan fingerprint density at radius 2 is 1.26 bits per heavy atom. The van der Waals surface area contributed by atoms with Crippen LogP contribution in [0.2, 0.25) is 0 Å². The number of allylic oxidation sites excluding steroid dienone is 2. The first-order valence-corrected chi connectivity index (χ1v) is 16.1. The standard InChI is InChI=1S/C28H53O10P/c1-3-5-7-8-9-10-11-12-13-14-15-16-18-20-28(32)38-26(23-35-27(31)19-17-6-4-2)24-37-39(33,34)36-22-25(30)21-29/h13-14,25-26,29-30H,3-12,15-24H2,1-2H3,(H,33,34)/b14-13+/t25-,26+/m1/s1. The first kappa shape index (κ1) is 37.7. The summed E-state index contributed by atoms with van der Waals surface area (Å²) in [5.41, 5.74) is 0. The lowest BCUT2D eigenvalue weighted by molar-refractivity contribution is -0.161. The van der Waals surface area contributed by atoms with E-state index in [9.17, 15) is 24.2 Å². The van der Waals surface area contributed by atoms with Gasteiger partial charge in [0.05, 0.1) is 19.8 Å². The lowest BCUT2D eigenvalue weighted by Crippen LogP contribution is -2.29. The Balaban J connectivity index is 4.39. The van der Waals surface area contributed by atoms with Gasteiger partial charge in [0.2, 0.25) is 0 Å². The van der Waals surface area contributed by atoms with E-state index in [2.05, 4.69) is 23.6 Å². The van der Waals surface area contributed by atoms with Gasteiger partial charge in [0.1, 0.15) is 12.7 Å². The van der Waals surface area contributed by atoms with Crippen molar-refractivity contribution in [2.75, 3.05) is 26.4 Å². The predicted molar refractivity (Wildman–Crippen MR) is 150 cm³/mol. The third-order valence-corrected chi connectivity index (χ3v) is 6.87. The molecule has 10 nitrogen and oxygen atoms in total. The van der Waals surface area contributed by atoms with Gasteiger partial charge in [-0.3, -0.25) is 18.6 Å². The van der Waals surface area contributed by atoms with Gasteiger partial charge in [0.25, 0.3) is 0 Å². The van der Waals surface area contributed by atoms with E-state index in [1.165, 1.54) is 44.9 Å². The average Bonchev–Trinajstić information content (AvgIpc) is 2.91. The largest absolute Gasteiger partial charge is 0.472 e. The van der Waals surface area contributed by atoms with Crippen molar-refractivity contribution in [1.82, 2.24) is 0 Å². The van der Waals surface area contributed by atoms with Crippen molar-refractivity contribution in [3.63, 3.8) is 0 Å². The summed E-state index contributed by atoms with van der Waals surface area (Å²) in [6.07, 6.45) is 17.2. The van der Waals surface area contributed by atoms with Crippen LogP contribution in [0.25, 0.3) is 0 Å². The van der Waals surface area contributed by atoms with Crippen molar-refractivity contribution in [3.05, 3.63) is 12.2 Å². The van der Waals surface area contributed by atoms with E-state index < -0.39 is 51.8 Å². The first-order chi connectivity index (χ1) is 18.7. The van der Waals surface area contributed by atoms with E-state index in [0.29, 0.717) is 12.8 Å². The van der Waals surface area contributed by atoms with Gasteiger partial charge in [-0.15, -0.1) is 0 Å². The SMILES string of the molecule is CCCCCCCCC/C=C/CCCCC(=O)O[C@@H](COC(=O)CCCCC)COP(=O)(O)OC[C@H](O)CO. The minimum Gasteiger partial charge on any atom is -0.462 e. The molecule has 39 heavy (non-hydrogen) atoms. The van der Waals surface area contributed by atoms with Crippen LogP contribution in [-0.4, -0.2) is 65.7 Å². The highest BCUT2D eigenvalue weighted by atomic mass is 31.2. The van der Waals surface area contributed by atoms with Gasteiger partial charge in [0.15, 0.2) is 6.10 Å². The zero-order chi connectivity index (χ0) is 29.2. The van der Waals surface area contributed by atoms with Crippen LogP contribution in [0.5, 0.6) is 0 Å². The number of phosphoric acid groups is 1. The summed E-state index contributed by atoms with van der Waals surface area (Å²) in [5.74, 6) is -0.982. The molecule has 0 aromatic carbocycles. The van der Waals surface area contributed by atoms with Crippen LogP contribution in [0.1, 0.15) is 117 Å². The van der Waals surface area contributed by atoms with Crippen molar-refractivity contribution in [2.24, 2.45) is 0 Å². The summed E-state index contributed by atoms with van der Waals surface area (Å²) in [6.45, 7) is 2.11. The maximum atomic E-state index is 12.3. The average molecular weight is 581 g/mol. The van der Waals surface area contributed by atoms with Crippen molar-refractivity contribution in [3.8, 4) is 0 Å². The second-order valence-corrected chi connectivity index (χ2v) is 11.2. The Hall–Kier alpha value is -1.29. The number of hydrogen-bond acceptors (Lipinski definition) is 9. The minimum absolute atomic E-state index is 0.155. The maximum absolute atomic E-state index is 12.3. The number of phosphoric ester groups is 1. The van der Waals surface area contributed by atoms with Crippen LogP contribution < -0.4 is 0 Å². The highest BCUT2D eigenvalue weighted by Gasteiger charge is 2.27. The number of aliphatic hydroxyl groups is 2. The van der Waals surface area contributed by atoms with E-state index in [4.69, 9.17) is 19.1 Å². The molecule has 0 spiro atoms. The Morgan fingerprint density at radius 1 is 0.744 bits per heavy atom. The van der Waals surface area contributed by atoms with E-state index in [1.807, 2.05) is 6.92 Å². The van der Waals surface area contributed by atoms with E-state index in [0.717, 1.165) is 32.1 Å². The topological polar surface area (TPSA) is 149 Å². The lowest BCUT2D eigenvalue weighted by Gasteiger charge is -2.20. The second-order valence-electron chi connectivity index (χ2n) is 9.78. The third kappa shape index (κ3) is 25.4. The van der Waals surface area contributed by atoms with Gasteiger partial charge in [-0.2, -0.15) is 0 Å². The lowest BCUT2D eigenvalue weighted by atomic mass is 10.1. The molecule has 0 saturated carbocycles. The molecule has 0 aromatic rings. The molecule has 11 heteroatoms. The summed E-state index contributed by atoms with van der Waals surface area (Å²) >= 11 is 0. The van der Waals surface area contributed by atoms with Crippen LogP contribution in [-0.2, 0) is 32.7 Å². The third-order valence-electron chi connectivity index (χ3n) is 5.92. The van der Waals surface area contributed by atoms with Gasteiger partial charge >= 0.3 is 19.8 Å². The number of carbonyl (C=O) groups is 2. The highest BCUT2D eigenvalue weighted by Crippen LogP contribution is 2.43. The summed E-state index contributed by atoms with van der Waals surface area (Å²) in [6, 6.07) is 0. The molecule has 3 atom stereocenters. The van der Waals surface area contributed by atoms with E-state index in [1.54, 1.807) is 0 Å². The first-order valence-electron chi connectivity index (χ1n) is 14.6. The Kier molecular flexibility index (Phi) is 24.8. The molecule has 1 unspecified atom stereocenters. The van der Waals surface area contributed by atoms with Gasteiger partial charge in [-0.25, -0.2) is 4.57 Å². The van der Waals surface area contributed by atoms with Gasteiger partial charge in [-0.1, -0.05) is 77.4 Å². The molecule has 0 rings (SSSR count). The molecule has 0 aliphatic rings. The van der Waals surface area contributed by atoms with E-state index in [-0.39, 0.29) is 19.4 Å². The van der Waals surface area contributed by atoms with Crippen molar-refractivity contribution < 1.29 is 47.8 Å². The van der Waals surface area contributed by atoms with Gasteiger partial charge < -0.3 is 24.6 Å². The molecule has 0 radical (unpaired) electrons. The molecule has 0 aliphatic carbocycles. The van der Waals surface area contributed by atoms with Crippen molar-refractivity contribution >= 4 is 19.8 Å². The van der Waals surface area contributed by atoms with Crippen LogP contribution in [0.3, 0.4) is 0 Å². The van der Waals surface area contributed by atoms with Gasteiger partial charge in [0, 0.05) is 12.8 Å². The zero-order valence-electron chi connectivity index (χ0n) is 24.1. The van der Waals surface area contributed by atoms with Gasteiger partial charge in [-0.05, 0) is 38.5 Å². The summed E-state index contributed by atoms with van der Waals surface area (Å²) in [5, 5.41) is 18.1. The van der Waals surface area contributed by atoms with Crippen LogP contribution in [0.4, 0.5) is 0 Å². The number of esters is 2. The molecular weight excluding hydrogens is 527 g/mol. The molecule has 0 saturated heterocycles. The molecule has 230 valence electrons. The van der Waals surface area contributed by atoms with Crippen molar-refractivity contribution in [1.29, 1.82) is 0 Å². The molecule has 3 N–H and O–H groups in total. The van der Waals surface area contributed by atoms with Crippen LogP contribution >= 0.6 is 7.82 Å². The second kappa shape index (κ2) is 25.7. The molecule has 0 amide bonds. The van der Waals surface area contributed by atoms with Crippen LogP contribution in [0.15, 0.2) is 12.2 Å². The summed E-state index contributed by atoms with van der Waals surface area (Å²) < 4.78 is 32.0. The van der Waals surface area contributed by atoms with E-state index >= 15 is 0 Å². The zero-order valence-corrected chi connectivity index (χ0v) is 25.0. The number of ether oxygens (including phenoxy) is 2. The fourth-order valence-corrected chi connectivity index (χ4v) is 4.36.